The highest BCUT2D eigenvalue weighted by Gasteiger charge is 2.33. The summed E-state index contributed by atoms with van der Waals surface area (Å²) in [5, 5.41) is 3.59. The predicted octanol–water partition coefficient (Wildman–Crippen LogP) is 2.10. The molecule has 0 amide bonds. The molecular weight excluding hydrogens is 236 g/mol. The molecule has 1 aliphatic heterocycles. The van der Waals surface area contributed by atoms with Gasteiger partial charge in [-0.05, 0) is 31.0 Å². The minimum absolute atomic E-state index is 0.0249. The minimum atomic E-state index is 0.0249. The van der Waals surface area contributed by atoms with Crippen molar-refractivity contribution in [2.24, 2.45) is 0 Å². The lowest BCUT2D eigenvalue weighted by molar-refractivity contribution is 0.324. The fourth-order valence-corrected chi connectivity index (χ4v) is 2.78. The Bertz CT molecular complexity index is 561. The molecule has 4 heteroatoms. The first kappa shape index (κ1) is 12.4. The van der Waals surface area contributed by atoms with Gasteiger partial charge in [0.05, 0.1) is 17.6 Å². The minimum Gasteiger partial charge on any atom is -0.330 e. The summed E-state index contributed by atoms with van der Waals surface area (Å²) in [6, 6.07) is 4.12. The Kier molecular flexibility index (Phi) is 3.11. The van der Waals surface area contributed by atoms with E-state index in [1.807, 2.05) is 18.7 Å². The molecule has 1 aliphatic rings. The van der Waals surface area contributed by atoms with Gasteiger partial charge in [-0.15, -0.1) is 0 Å². The fourth-order valence-electron chi connectivity index (χ4n) is 2.78. The highest BCUT2D eigenvalue weighted by atomic mass is 15.1. The third-order valence-electron chi connectivity index (χ3n) is 4.16. The summed E-state index contributed by atoms with van der Waals surface area (Å²) in [5.74, 6) is 0. The van der Waals surface area contributed by atoms with Gasteiger partial charge in [0.15, 0.2) is 0 Å². The number of fused-ring (bicyclic) bond motifs is 1. The summed E-state index contributed by atoms with van der Waals surface area (Å²) < 4.78 is 2.28. The molecular formula is C15H20N4. The number of imidazole rings is 1. The van der Waals surface area contributed by atoms with E-state index in [0.29, 0.717) is 0 Å². The molecule has 0 spiro atoms. The second kappa shape index (κ2) is 4.78. The molecule has 100 valence electrons. The SMILES string of the molecule is CCC1(C)NCCc2c1ncn2Cc1ccncc1. The molecule has 1 unspecified atom stereocenters. The van der Waals surface area contributed by atoms with Gasteiger partial charge < -0.3 is 9.88 Å². The van der Waals surface area contributed by atoms with Gasteiger partial charge in [0.25, 0.3) is 0 Å². The van der Waals surface area contributed by atoms with Crippen LogP contribution < -0.4 is 5.32 Å². The van der Waals surface area contributed by atoms with Crippen LogP contribution >= 0.6 is 0 Å². The van der Waals surface area contributed by atoms with Crippen LogP contribution in [0.25, 0.3) is 0 Å². The number of rotatable bonds is 3. The van der Waals surface area contributed by atoms with Crippen molar-refractivity contribution in [3.63, 3.8) is 0 Å². The molecule has 0 saturated carbocycles. The molecule has 3 rings (SSSR count). The second-order valence-electron chi connectivity index (χ2n) is 5.39. The molecule has 0 bridgehead atoms. The van der Waals surface area contributed by atoms with Crippen molar-refractivity contribution >= 4 is 0 Å². The van der Waals surface area contributed by atoms with E-state index in [1.165, 1.54) is 17.0 Å². The van der Waals surface area contributed by atoms with E-state index < -0.39 is 0 Å². The van der Waals surface area contributed by atoms with Gasteiger partial charge in [0.2, 0.25) is 0 Å². The van der Waals surface area contributed by atoms with E-state index in [0.717, 1.165) is 25.9 Å². The van der Waals surface area contributed by atoms with Crippen LogP contribution in [0.2, 0.25) is 0 Å². The van der Waals surface area contributed by atoms with Crippen molar-refractivity contribution < 1.29 is 0 Å². The first-order chi connectivity index (χ1) is 9.23. The molecule has 0 radical (unpaired) electrons. The van der Waals surface area contributed by atoms with Crippen molar-refractivity contribution in [2.45, 2.75) is 38.8 Å². The third-order valence-corrected chi connectivity index (χ3v) is 4.16. The summed E-state index contributed by atoms with van der Waals surface area (Å²) in [4.78, 5) is 8.73. The van der Waals surface area contributed by atoms with Gasteiger partial charge in [-0.1, -0.05) is 6.92 Å². The monoisotopic (exact) mass is 256 g/mol. The molecule has 4 nitrogen and oxygen atoms in total. The zero-order valence-corrected chi connectivity index (χ0v) is 11.6. The normalized spacial score (nSPS) is 22.2. The Labute approximate surface area is 113 Å². The van der Waals surface area contributed by atoms with Crippen LogP contribution in [0.15, 0.2) is 30.9 Å². The van der Waals surface area contributed by atoms with Gasteiger partial charge in [-0.3, -0.25) is 4.98 Å². The Hall–Kier alpha value is -1.68. The summed E-state index contributed by atoms with van der Waals surface area (Å²) in [6.07, 6.45) is 7.78. The number of nitrogens with one attached hydrogen (secondary N) is 1. The maximum atomic E-state index is 4.66. The molecule has 2 aromatic heterocycles. The van der Waals surface area contributed by atoms with Crippen LogP contribution in [0.4, 0.5) is 0 Å². The van der Waals surface area contributed by atoms with Crippen molar-refractivity contribution in [3.8, 4) is 0 Å². The first-order valence-electron chi connectivity index (χ1n) is 6.91. The van der Waals surface area contributed by atoms with Gasteiger partial charge in [-0.25, -0.2) is 4.98 Å². The van der Waals surface area contributed by atoms with Crippen LogP contribution in [0.5, 0.6) is 0 Å². The lowest BCUT2D eigenvalue weighted by Gasteiger charge is -2.33. The Morgan fingerprint density at radius 2 is 2.16 bits per heavy atom. The van der Waals surface area contributed by atoms with E-state index in [9.17, 15) is 0 Å². The van der Waals surface area contributed by atoms with E-state index in [2.05, 4.69) is 45.8 Å². The van der Waals surface area contributed by atoms with Crippen LogP contribution in [0.3, 0.4) is 0 Å². The zero-order chi connectivity index (χ0) is 13.3. The number of hydrogen-bond acceptors (Lipinski definition) is 3. The summed E-state index contributed by atoms with van der Waals surface area (Å²) in [5.41, 5.74) is 3.89. The largest absolute Gasteiger partial charge is 0.330 e. The van der Waals surface area contributed by atoms with E-state index in [4.69, 9.17) is 0 Å². The Morgan fingerprint density at radius 3 is 2.89 bits per heavy atom. The Balaban J connectivity index is 1.93. The van der Waals surface area contributed by atoms with E-state index in [-0.39, 0.29) is 5.54 Å². The molecule has 0 aliphatic carbocycles. The predicted molar refractivity (Wildman–Crippen MR) is 74.9 cm³/mol. The van der Waals surface area contributed by atoms with Crippen LogP contribution in [-0.4, -0.2) is 21.1 Å². The summed E-state index contributed by atoms with van der Waals surface area (Å²) in [7, 11) is 0. The maximum Gasteiger partial charge on any atom is 0.0955 e. The smallest absolute Gasteiger partial charge is 0.0955 e. The van der Waals surface area contributed by atoms with Crippen molar-refractivity contribution in [3.05, 3.63) is 47.8 Å². The van der Waals surface area contributed by atoms with E-state index in [1.54, 1.807) is 0 Å². The molecule has 0 aromatic carbocycles. The van der Waals surface area contributed by atoms with Gasteiger partial charge in [0.1, 0.15) is 0 Å². The molecule has 0 saturated heterocycles. The van der Waals surface area contributed by atoms with Gasteiger partial charge in [-0.2, -0.15) is 0 Å². The third kappa shape index (κ3) is 2.16. The standard InChI is InChI=1S/C15H20N4/c1-3-15(2)14-13(6-9-18-15)19(11-17-14)10-12-4-7-16-8-5-12/h4-5,7-8,11,18H,3,6,9-10H2,1-2H3. The van der Waals surface area contributed by atoms with Crippen LogP contribution in [-0.2, 0) is 18.5 Å². The van der Waals surface area contributed by atoms with Crippen molar-refractivity contribution in [2.75, 3.05) is 6.54 Å². The van der Waals surface area contributed by atoms with Crippen LogP contribution in [0.1, 0.15) is 37.2 Å². The average Bonchev–Trinajstić information content (AvgIpc) is 2.85. The number of nitrogens with zero attached hydrogens (tertiary/aromatic N) is 3. The highest BCUT2D eigenvalue weighted by molar-refractivity contribution is 5.26. The quantitative estimate of drug-likeness (QED) is 0.914. The zero-order valence-electron chi connectivity index (χ0n) is 11.6. The fraction of sp³-hybridized carbons (Fsp3) is 0.467. The topological polar surface area (TPSA) is 42.7 Å². The summed E-state index contributed by atoms with van der Waals surface area (Å²) in [6.45, 7) is 6.36. The highest BCUT2D eigenvalue weighted by Crippen LogP contribution is 2.30. The molecule has 3 heterocycles. The van der Waals surface area contributed by atoms with Crippen molar-refractivity contribution in [1.82, 2.24) is 19.9 Å². The molecule has 0 fully saturated rings. The number of pyridine rings is 1. The Morgan fingerprint density at radius 1 is 1.37 bits per heavy atom. The second-order valence-corrected chi connectivity index (χ2v) is 5.39. The summed E-state index contributed by atoms with van der Waals surface area (Å²) >= 11 is 0. The molecule has 1 N–H and O–H groups in total. The lowest BCUT2D eigenvalue weighted by atomic mass is 9.89. The first-order valence-corrected chi connectivity index (χ1v) is 6.91. The van der Waals surface area contributed by atoms with Crippen LogP contribution in [0, 0.1) is 0 Å². The number of hydrogen-bond donors (Lipinski definition) is 1. The van der Waals surface area contributed by atoms with Gasteiger partial charge in [0, 0.05) is 37.6 Å². The maximum absolute atomic E-state index is 4.66. The van der Waals surface area contributed by atoms with Crippen molar-refractivity contribution in [1.29, 1.82) is 0 Å². The van der Waals surface area contributed by atoms with Gasteiger partial charge >= 0.3 is 0 Å². The average molecular weight is 256 g/mol. The molecule has 2 aromatic rings. The lowest BCUT2D eigenvalue weighted by Crippen LogP contribution is -2.45. The number of aromatic nitrogens is 3. The molecule has 1 atom stereocenters. The van der Waals surface area contributed by atoms with E-state index >= 15 is 0 Å². The molecule has 19 heavy (non-hydrogen) atoms.